The second kappa shape index (κ2) is 7.24. The highest BCUT2D eigenvalue weighted by atomic mass is 79.9. The lowest BCUT2D eigenvalue weighted by molar-refractivity contribution is 0.0947. The van der Waals surface area contributed by atoms with E-state index in [1.54, 1.807) is 18.3 Å². The number of carbonyl (C=O) groups is 1. The lowest BCUT2D eigenvalue weighted by Gasteiger charge is -2.08. The molecule has 0 bridgehead atoms. The molecule has 0 spiro atoms. The van der Waals surface area contributed by atoms with Gasteiger partial charge in [0.2, 0.25) is 0 Å². The summed E-state index contributed by atoms with van der Waals surface area (Å²) in [7, 11) is 0. The fourth-order valence-corrected chi connectivity index (χ4v) is 2.44. The van der Waals surface area contributed by atoms with Gasteiger partial charge in [0.15, 0.2) is 0 Å². The maximum absolute atomic E-state index is 12.0. The molecule has 116 valence electrons. The summed E-state index contributed by atoms with van der Waals surface area (Å²) >= 11 is 3.35. The Morgan fingerprint density at radius 2 is 1.96 bits per heavy atom. The predicted molar refractivity (Wildman–Crippen MR) is 93.7 cm³/mol. The number of ether oxygens (including phenoxy) is 1. The average Bonchev–Trinajstić information content (AvgIpc) is 2.59. The molecule has 1 N–H and O–H groups in total. The van der Waals surface area contributed by atoms with Crippen LogP contribution in [0.1, 0.15) is 10.4 Å². The number of fused-ring (bicyclic) bond motifs is 1. The first-order chi connectivity index (χ1) is 11.2. The number of benzene rings is 2. The Balaban J connectivity index is 1.50. The number of carbonyl (C=O) groups excluding carboxylic acids is 1. The normalized spacial score (nSPS) is 10.5. The van der Waals surface area contributed by atoms with Crippen LogP contribution in [0.3, 0.4) is 0 Å². The molecule has 5 heteroatoms. The average molecular weight is 371 g/mol. The van der Waals surface area contributed by atoms with Crippen LogP contribution in [0.15, 0.2) is 65.3 Å². The summed E-state index contributed by atoms with van der Waals surface area (Å²) in [4.78, 5) is 16.2. The van der Waals surface area contributed by atoms with Gasteiger partial charge in [-0.15, -0.1) is 0 Å². The summed E-state index contributed by atoms with van der Waals surface area (Å²) in [6.45, 7) is 0.855. The van der Waals surface area contributed by atoms with Crippen LogP contribution in [0.4, 0.5) is 0 Å². The monoisotopic (exact) mass is 370 g/mol. The quantitative estimate of drug-likeness (QED) is 0.694. The first-order valence-corrected chi connectivity index (χ1v) is 8.03. The molecule has 0 radical (unpaired) electrons. The Morgan fingerprint density at radius 3 is 2.78 bits per heavy atom. The number of halogens is 1. The van der Waals surface area contributed by atoms with E-state index in [0.29, 0.717) is 18.7 Å². The summed E-state index contributed by atoms with van der Waals surface area (Å²) in [5.74, 6) is 0.659. The van der Waals surface area contributed by atoms with Gasteiger partial charge < -0.3 is 10.1 Å². The Bertz CT molecular complexity index is 819. The third-order valence-corrected chi connectivity index (χ3v) is 3.87. The second-order valence-electron chi connectivity index (χ2n) is 4.97. The third-order valence-electron chi connectivity index (χ3n) is 3.34. The summed E-state index contributed by atoms with van der Waals surface area (Å²) < 4.78 is 6.62. The van der Waals surface area contributed by atoms with Crippen LogP contribution >= 0.6 is 15.9 Å². The number of rotatable bonds is 5. The molecule has 0 aliphatic rings. The molecule has 4 nitrogen and oxygen atoms in total. The molecule has 0 aliphatic carbocycles. The molecule has 3 rings (SSSR count). The zero-order valence-corrected chi connectivity index (χ0v) is 13.9. The highest BCUT2D eigenvalue weighted by Crippen LogP contribution is 2.18. The highest BCUT2D eigenvalue weighted by molar-refractivity contribution is 9.10. The minimum absolute atomic E-state index is 0.108. The molecule has 23 heavy (non-hydrogen) atoms. The molecule has 0 saturated heterocycles. The molecular formula is C18H15BrN2O2. The van der Waals surface area contributed by atoms with Crippen molar-refractivity contribution in [3.05, 3.63) is 70.8 Å². The van der Waals surface area contributed by atoms with Crippen molar-refractivity contribution in [2.45, 2.75) is 0 Å². The van der Waals surface area contributed by atoms with Gasteiger partial charge in [-0.25, -0.2) is 0 Å². The van der Waals surface area contributed by atoms with Crippen molar-refractivity contribution in [1.29, 1.82) is 0 Å². The summed E-state index contributed by atoms with van der Waals surface area (Å²) in [5, 5.41) is 3.87. The SMILES string of the molecule is O=C(NCCOc1ccc2ncccc2c1)c1ccc(Br)cc1. The van der Waals surface area contributed by atoms with E-state index >= 15 is 0 Å². The van der Waals surface area contributed by atoms with Gasteiger partial charge in [-0.05, 0) is 48.5 Å². The fourth-order valence-electron chi connectivity index (χ4n) is 2.18. The molecule has 1 amide bonds. The van der Waals surface area contributed by atoms with Crippen molar-refractivity contribution in [2.75, 3.05) is 13.2 Å². The summed E-state index contributed by atoms with van der Waals surface area (Å²) in [5.41, 5.74) is 1.56. The molecule has 0 fully saturated rings. The molecular weight excluding hydrogens is 356 g/mol. The van der Waals surface area contributed by atoms with Crippen molar-refractivity contribution in [3.8, 4) is 5.75 Å². The predicted octanol–water partition coefficient (Wildman–Crippen LogP) is 3.81. The van der Waals surface area contributed by atoms with Crippen LogP contribution in [0.5, 0.6) is 5.75 Å². The second-order valence-corrected chi connectivity index (χ2v) is 5.88. The van der Waals surface area contributed by atoms with Gasteiger partial charge in [-0.3, -0.25) is 9.78 Å². The smallest absolute Gasteiger partial charge is 0.251 e. The molecule has 1 aromatic heterocycles. The van der Waals surface area contributed by atoms with Crippen molar-refractivity contribution < 1.29 is 9.53 Å². The van der Waals surface area contributed by atoms with Gasteiger partial charge in [0.05, 0.1) is 12.1 Å². The van der Waals surface area contributed by atoms with E-state index in [1.807, 2.05) is 42.5 Å². The van der Waals surface area contributed by atoms with Gasteiger partial charge in [0.25, 0.3) is 5.91 Å². The maximum atomic E-state index is 12.0. The lowest BCUT2D eigenvalue weighted by atomic mass is 10.2. The summed E-state index contributed by atoms with van der Waals surface area (Å²) in [6, 6.07) is 16.9. The Kier molecular flexibility index (Phi) is 4.88. The van der Waals surface area contributed by atoms with E-state index in [-0.39, 0.29) is 5.91 Å². The van der Waals surface area contributed by atoms with Crippen molar-refractivity contribution >= 4 is 32.7 Å². The van der Waals surface area contributed by atoms with Gasteiger partial charge in [-0.1, -0.05) is 22.0 Å². The topological polar surface area (TPSA) is 51.2 Å². The Morgan fingerprint density at radius 1 is 1.13 bits per heavy atom. The van der Waals surface area contributed by atoms with Crippen molar-refractivity contribution in [3.63, 3.8) is 0 Å². The number of nitrogens with zero attached hydrogens (tertiary/aromatic N) is 1. The first-order valence-electron chi connectivity index (χ1n) is 7.24. The van der Waals surface area contributed by atoms with Gasteiger partial charge >= 0.3 is 0 Å². The van der Waals surface area contributed by atoms with Crippen LogP contribution in [0.2, 0.25) is 0 Å². The maximum Gasteiger partial charge on any atom is 0.251 e. The molecule has 0 unspecified atom stereocenters. The number of hydrogen-bond donors (Lipinski definition) is 1. The Labute approximate surface area is 142 Å². The Hall–Kier alpha value is -2.40. The molecule has 3 aromatic rings. The van der Waals surface area contributed by atoms with E-state index in [0.717, 1.165) is 21.1 Å². The van der Waals surface area contributed by atoms with Gasteiger partial charge in [0, 0.05) is 21.6 Å². The van der Waals surface area contributed by atoms with Crippen LogP contribution in [0, 0.1) is 0 Å². The van der Waals surface area contributed by atoms with Crippen LogP contribution in [0.25, 0.3) is 10.9 Å². The molecule has 1 heterocycles. The number of amides is 1. The van der Waals surface area contributed by atoms with Crippen molar-refractivity contribution in [2.24, 2.45) is 0 Å². The zero-order chi connectivity index (χ0) is 16.1. The molecule has 0 aliphatic heterocycles. The number of hydrogen-bond acceptors (Lipinski definition) is 3. The summed E-state index contributed by atoms with van der Waals surface area (Å²) in [6.07, 6.45) is 1.76. The van der Waals surface area contributed by atoms with Crippen LogP contribution in [-0.2, 0) is 0 Å². The van der Waals surface area contributed by atoms with E-state index in [1.165, 1.54) is 0 Å². The number of aromatic nitrogens is 1. The third kappa shape index (κ3) is 4.07. The lowest BCUT2D eigenvalue weighted by Crippen LogP contribution is -2.28. The molecule has 2 aromatic carbocycles. The van der Waals surface area contributed by atoms with Crippen molar-refractivity contribution in [1.82, 2.24) is 10.3 Å². The molecule has 0 saturated carbocycles. The number of pyridine rings is 1. The standard InChI is InChI=1S/C18H15BrN2O2/c19-15-5-3-13(4-6-15)18(22)21-10-11-23-16-7-8-17-14(12-16)2-1-9-20-17/h1-9,12H,10-11H2,(H,21,22). The fraction of sp³-hybridized carbons (Fsp3) is 0.111. The highest BCUT2D eigenvalue weighted by Gasteiger charge is 2.04. The number of nitrogens with one attached hydrogen (secondary N) is 1. The largest absolute Gasteiger partial charge is 0.492 e. The van der Waals surface area contributed by atoms with Crippen LogP contribution in [-0.4, -0.2) is 24.0 Å². The van der Waals surface area contributed by atoms with E-state index in [9.17, 15) is 4.79 Å². The minimum Gasteiger partial charge on any atom is -0.492 e. The first kappa shape index (κ1) is 15.5. The minimum atomic E-state index is -0.108. The van der Waals surface area contributed by atoms with Gasteiger partial charge in [0.1, 0.15) is 12.4 Å². The zero-order valence-electron chi connectivity index (χ0n) is 12.3. The van der Waals surface area contributed by atoms with E-state index < -0.39 is 0 Å². The van der Waals surface area contributed by atoms with Gasteiger partial charge in [-0.2, -0.15) is 0 Å². The molecule has 0 atom stereocenters. The van der Waals surface area contributed by atoms with E-state index in [2.05, 4.69) is 26.2 Å². The van der Waals surface area contributed by atoms with Crippen LogP contribution < -0.4 is 10.1 Å². The van der Waals surface area contributed by atoms with E-state index in [4.69, 9.17) is 4.74 Å².